The van der Waals surface area contributed by atoms with Crippen molar-refractivity contribution in [3.05, 3.63) is 16.7 Å². The van der Waals surface area contributed by atoms with Crippen LogP contribution in [-0.4, -0.2) is 57.5 Å². The molecule has 0 bridgehead atoms. The molecule has 0 aromatic carbocycles. The number of imidazole rings is 1. The van der Waals surface area contributed by atoms with Gasteiger partial charge in [0.15, 0.2) is 25.6 Å². The standard InChI is InChI=1S/C24H39N5O6Si/c1-13(2)19(30)27-22-26-18-16(20(31)28-22)25-12-29(18)15-11-14(35-36(9,10)24(6,7)8)17(33-15)21(32)34-23(3,4)5/h12-15,17H,11H2,1-10H3,(H2,26,27,28,30,31)/t14-,15+,17-/m0/s1. The third-order valence-electron chi connectivity index (χ3n) is 6.48. The molecule has 2 N–H and O–H groups in total. The first-order valence-corrected chi connectivity index (χ1v) is 15.1. The first-order chi connectivity index (χ1) is 16.4. The van der Waals surface area contributed by atoms with Crippen molar-refractivity contribution < 1.29 is 23.5 Å². The number of aromatic amines is 1. The first kappa shape index (κ1) is 28.0. The van der Waals surface area contributed by atoms with Crippen molar-refractivity contribution >= 4 is 37.3 Å². The predicted molar refractivity (Wildman–Crippen MR) is 138 cm³/mol. The van der Waals surface area contributed by atoms with E-state index in [9.17, 15) is 14.4 Å². The molecule has 2 aromatic heterocycles. The zero-order valence-electron chi connectivity index (χ0n) is 22.9. The van der Waals surface area contributed by atoms with Crippen LogP contribution in [0.15, 0.2) is 11.1 Å². The van der Waals surface area contributed by atoms with Crippen LogP contribution < -0.4 is 10.9 Å². The smallest absolute Gasteiger partial charge is 0.338 e. The summed E-state index contributed by atoms with van der Waals surface area (Å²) in [5, 5.41) is 2.53. The van der Waals surface area contributed by atoms with E-state index >= 15 is 0 Å². The lowest BCUT2D eigenvalue weighted by atomic mass is 10.1. The van der Waals surface area contributed by atoms with E-state index in [1.165, 1.54) is 6.33 Å². The highest BCUT2D eigenvalue weighted by Gasteiger charge is 2.49. The second-order valence-electron chi connectivity index (χ2n) is 12.1. The van der Waals surface area contributed by atoms with Crippen molar-refractivity contribution in [2.45, 2.75) is 104 Å². The zero-order chi connectivity index (χ0) is 27.2. The van der Waals surface area contributed by atoms with E-state index < -0.39 is 43.9 Å². The highest BCUT2D eigenvalue weighted by atomic mass is 28.4. The van der Waals surface area contributed by atoms with Gasteiger partial charge >= 0.3 is 5.97 Å². The lowest BCUT2D eigenvalue weighted by molar-refractivity contribution is -0.172. The van der Waals surface area contributed by atoms with Crippen molar-refractivity contribution in [1.82, 2.24) is 19.5 Å². The van der Waals surface area contributed by atoms with Gasteiger partial charge in [0.1, 0.15) is 11.8 Å². The molecule has 1 saturated heterocycles. The van der Waals surface area contributed by atoms with E-state index in [0.717, 1.165) is 0 Å². The molecule has 200 valence electrons. The molecule has 0 saturated carbocycles. The van der Waals surface area contributed by atoms with Crippen LogP contribution in [0.5, 0.6) is 0 Å². The maximum absolute atomic E-state index is 13.1. The normalized spacial score (nSPS) is 21.2. The Balaban J connectivity index is 1.98. The summed E-state index contributed by atoms with van der Waals surface area (Å²) in [6.07, 6.45) is -0.394. The maximum atomic E-state index is 13.1. The quantitative estimate of drug-likeness (QED) is 0.433. The molecule has 0 spiro atoms. The monoisotopic (exact) mass is 521 g/mol. The van der Waals surface area contributed by atoms with E-state index in [-0.39, 0.29) is 34.0 Å². The molecule has 3 rings (SSSR count). The number of hydrogen-bond donors (Lipinski definition) is 2. The van der Waals surface area contributed by atoms with E-state index in [4.69, 9.17) is 13.9 Å². The van der Waals surface area contributed by atoms with Gasteiger partial charge in [0.05, 0.1) is 12.4 Å². The van der Waals surface area contributed by atoms with Gasteiger partial charge < -0.3 is 13.9 Å². The Hall–Kier alpha value is -2.57. The van der Waals surface area contributed by atoms with Crippen LogP contribution in [0.2, 0.25) is 18.1 Å². The molecule has 3 atom stereocenters. The second-order valence-corrected chi connectivity index (χ2v) is 16.8. The Morgan fingerprint density at radius 1 is 1.22 bits per heavy atom. The van der Waals surface area contributed by atoms with Gasteiger partial charge in [-0.25, -0.2) is 9.78 Å². The minimum absolute atomic E-state index is 0.0173. The Bertz CT molecular complexity index is 1190. The van der Waals surface area contributed by atoms with Gasteiger partial charge in [-0.2, -0.15) is 4.98 Å². The number of rotatable bonds is 6. The number of H-pyrrole nitrogens is 1. The molecule has 0 unspecified atom stereocenters. The Morgan fingerprint density at radius 3 is 2.42 bits per heavy atom. The lowest BCUT2D eigenvalue weighted by Gasteiger charge is -2.39. The van der Waals surface area contributed by atoms with Crippen LogP contribution in [0.25, 0.3) is 11.2 Å². The lowest BCUT2D eigenvalue weighted by Crippen LogP contribution is -2.48. The van der Waals surface area contributed by atoms with Gasteiger partial charge in [-0.1, -0.05) is 34.6 Å². The van der Waals surface area contributed by atoms with Crippen LogP contribution in [-0.2, 0) is 23.5 Å². The van der Waals surface area contributed by atoms with Crippen LogP contribution in [0.4, 0.5) is 5.95 Å². The fraction of sp³-hybridized carbons (Fsp3) is 0.708. The Morgan fingerprint density at radius 2 is 1.86 bits per heavy atom. The molecule has 2 aromatic rings. The number of ether oxygens (including phenoxy) is 2. The number of anilines is 1. The minimum atomic E-state index is -2.26. The molecule has 1 fully saturated rings. The van der Waals surface area contributed by atoms with Crippen molar-refractivity contribution in [3.8, 4) is 0 Å². The van der Waals surface area contributed by atoms with Gasteiger partial charge in [0, 0.05) is 12.3 Å². The first-order valence-electron chi connectivity index (χ1n) is 12.2. The highest BCUT2D eigenvalue weighted by molar-refractivity contribution is 6.74. The molecule has 0 aliphatic carbocycles. The number of nitrogens with zero attached hydrogens (tertiary/aromatic N) is 3. The van der Waals surface area contributed by atoms with E-state index in [1.807, 2.05) is 0 Å². The number of fused-ring (bicyclic) bond motifs is 1. The molecule has 11 nitrogen and oxygen atoms in total. The van der Waals surface area contributed by atoms with E-state index in [1.54, 1.807) is 39.2 Å². The molecule has 12 heteroatoms. The fourth-order valence-corrected chi connectivity index (χ4v) is 4.83. The second kappa shape index (κ2) is 9.71. The SMILES string of the molecule is CC(C)C(=O)Nc1nc2c(ncn2[C@H]2C[C@H](O[Si](C)(C)C(C)(C)C)[C@@H](C(=O)OC(C)(C)C)O2)c(=O)[nH]1. The third-order valence-corrected chi connectivity index (χ3v) is 11.0. The maximum Gasteiger partial charge on any atom is 0.338 e. The summed E-state index contributed by atoms with van der Waals surface area (Å²) in [4.78, 5) is 49.0. The number of carbonyl (C=O) groups excluding carboxylic acids is 2. The Kier molecular flexibility index (Phi) is 7.55. The molecule has 1 aliphatic heterocycles. The van der Waals surface area contributed by atoms with Gasteiger partial charge in [-0.3, -0.25) is 24.5 Å². The molecule has 36 heavy (non-hydrogen) atoms. The van der Waals surface area contributed by atoms with Gasteiger partial charge in [-0.05, 0) is 38.9 Å². The summed E-state index contributed by atoms with van der Waals surface area (Å²) in [5.41, 5.74) is -0.851. The number of esters is 1. The van der Waals surface area contributed by atoms with Gasteiger partial charge in [0.25, 0.3) is 5.56 Å². The van der Waals surface area contributed by atoms with Crippen LogP contribution in [0.3, 0.4) is 0 Å². The summed E-state index contributed by atoms with van der Waals surface area (Å²) in [5.74, 6) is -1.07. The zero-order valence-corrected chi connectivity index (χ0v) is 23.9. The van der Waals surface area contributed by atoms with E-state index in [0.29, 0.717) is 6.42 Å². The molecule has 0 radical (unpaired) electrons. The molecule has 1 amide bonds. The highest BCUT2D eigenvalue weighted by Crippen LogP contribution is 2.42. The topological polar surface area (TPSA) is 137 Å². The molecular weight excluding hydrogens is 482 g/mol. The number of hydrogen-bond acceptors (Lipinski definition) is 8. The van der Waals surface area contributed by atoms with E-state index in [2.05, 4.69) is 54.1 Å². The number of carbonyl (C=O) groups is 2. The number of amides is 1. The van der Waals surface area contributed by atoms with Crippen LogP contribution in [0, 0.1) is 5.92 Å². The summed E-state index contributed by atoms with van der Waals surface area (Å²) < 4.78 is 20.0. The van der Waals surface area contributed by atoms with Gasteiger partial charge in [-0.15, -0.1) is 0 Å². The number of nitrogens with one attached hydrogen (secondary N) is 2. The molecular formula is C24H39N5O6Si. The van der Waals surface area contributed by atoms with Crippen LogP contribution in [0.1, 0.15) is 68.0 Å². The van der Waals surface area contributed by atoms with Crippen molar-refractivity contribution in [2.75, 3.05) is 5.32 Å². The molecule has 1 aliphatic rings. The van der Waals surface area contributed by atoms with Crippen LogP contribution >= 0.6 is 0 Å². The summed E-state index contributed by atoms with van der Waals surface area (Å²) in [6, 6.07) is 0. The average Bonchev–Trinajstić information content (AvgIpc) is 3.29. The minimum Gasteiger partial charge on any atom is -0.458 e. The Labute approximate surface area is 212 Å². The molecule has 3 heterocycles. The average molecular weight is 522 g/mol. The fourth-order valence-electron chi connectivity index (χ4n) is 3.50. The summed E-state index contributed by atoms with van der Waals surface area (Å²) in [7, 11) is -2.26. The van der Waals surface area contributed by atoms with Crippen molar-refractivity contribution in [2.24, 2.45) is 5.92 Å². The van der Waals surface area contributed by atoms with Crippen molar-refractivity contribution in [3.63, 3.8) is 0 Å². The largest absolute Gasteiger partial charge is 0.458 e. The van der Waals surface area contributed by atoms with Crippen molar-refractivity contribution in [1.29, 1.82) is 0 Å². The third kappa shape index (κ3) is 6.04. The summed E-state index contributed by atoms with van der Waals surface area (Å²) >= 11 is 0. The van der Waals surface area contributed by atoms with Gasteiger partial charge in [0.2, 0.25) is 11.9 Å². The predicted octanol–water partition coefficient (Wildman–Crippen LogP) is 3.73. The summed E-state index contributed by atoms with van der Waals surface area (Å²) in [6.45, 7) is 19.5. The number of aromatic nitrogens is 4.